The maximum atomic E-state index is 11.9. The van der Waals surface area contributed by atoms with Gasteiger partial charge >= 0.3 is 5.97 Å². The minimum atomic E-state index is -4.02. The number of aryl methyl sites for hydroxylation is 1. The average molecular weight is 303 g/mol. The Morgan fingerprint density at radius 3 is 2.60 bits per heavy atom. The van der Waals surface area contributed by atoms with Crippen LogP contribution in [0.1, 0.15) is 49.8 Å². The number of nitrogens with two attached hydrogens (primary N) is 1. The molecule has 1 aromatic rings. The molecular weight excluding hydrogens is 282 g/mol. The van der Waals surface area contributed by atoms with Gasteiger partial charge in [-0.15, -0.1) is 0 Å². The lowest BCUT2D eigenvalue weighted by molar-refractivity contribution is 0.0432. The average Bonchev–Trinajstić information content (AvgIpc) is 2.80. The molecule has 1 unspecified atom stereocenters. The smallest absolute Gasteiger partial charge is 0.360 e. The van der Waals surface area contributed by atoms with Gasteiger partial charge in [-0.05, 0) is 18.8 Å². The van der Waals surface area contributed by atoms with Gasteiger partial charge in [0, 0.05) is 0 Å². The van der Waals surface area contributed by atoms with Gasteiger partial charge < -0.3 is 4.74 Å². The lowest BCUT2D eigenvalue weighted by atomic mass is 10.1. The third-order valence-electron chi connectivity index (χ3n) is 2.90. The van der Waals surface area contributed by atoms with Crippen LogP contribution in [0, 0.1) is 5.92 Å². The van der Waals surface area contributed by atoms with Crippen LogP contribution in [-0.4, -0.2) is 31.2 Å². The molecule has 0 amide bonds. The molecule has 1 atom stereocenters. The van der Waals surface area contributed by atoms with Crippen molar-refractivity contribution in [2.24, 2.45) is 11.1 Å². The maximum Gasteiger partial charge on any atom is 0.360 e. The van der Waals surface area contributed by atoms with Crippen molar-refractivity contribution in [3.05, 3.63) is 11.4 Å². The van der Waals surface area contributed by atoms with Crippen LogP contribution in [-0.2, 0) is 21.2 Å². The normalized spacial score (nSPS) is 13.2. The Morgan fingerprint density at radius 1 is 1.45 bits per heavy atom. The van der Waals surface area contributed by atoms with E-state index in [2.05, 4.69) is 10.2 Å². The quantitative estimate of drug-likeness (QED) is 0.735. The Bertz CT molecular complexity index is 565. The molecule has 0 aliphatic rings. The van der Waals surface area contributed by atoms with Crippen molar-refractivity contribution in [3.8, 4) is 0 Å². The van der Waals surface area contributed by atoms with Crippen LogP contribution in [0.25, 0.3) is 0 Å². The van der Waals surface area contributed by atoms with Gasteiger partial charge in [0.2, 0.25) is 10.0 Å². The molecule has 0 radical (unpaired) electrons. The molecule has 8 heteroatoms. The molecule has 114 valence electrons. The number of hydrogen-bond donors (Lipinski definition) is 2. The summed E-state index contributed by atoms with van der Waals surface area (Å²) < 4.78 is 28.2. The molecule has 0 spiro atoms. The number of ether oxygens (including phenoxy) is 1. The highest BCUT2D eigenvalue weighted by molar-refractivity contribution is 7.89. The van der Waals surface area contributed by atoms with Gasteiger partial charge in [0.05, 0.1) is 12.3 Å². The molecule has 0 aromatic carbocycles. The number of sulfonamides is 1. The largest absolute Gasteiger partial charge is 0.461 e. The van der Waals surface area contributed by atoms with Crippen molar-refractivity contribution >= 4 is 16.0 Å². The second kappa shape index (κ2) is 6.85. The monoisotopic (exact) mass is 303 g/mol. The van der Waals surface area contributed by atoms with Crippen LogP contribution in [0.5, 0.6) is 0 Å². The zero-order valence-electron chi connectivity index (χ0n) is 12.0. The van der Waals surface area contributed by atoms with Crippen LogP contribution in [0.15, 0.2) is 4.90 Å². The van der Waals surface area contributed by atoms with E-state index < -0.39 is 16.0 Å². The lowest BCUT2D eigenvalue weighted by Crippen LogP contribution is -2.19. The van der Waals surface area contributed by atoms with Crippen LogP contribution in [0.2, 0.25) is 0 Å². The molecule has 0 aliphatic carbocycles. The van der Waals surface area contributed by atoms with Crippen LogP contribution >= 0.6 is 0 Å². The fourth-order valence-electron chi connectivity index (χ4n) is 1.91. The van der Waals surface area contributed by atoms with Gasteiger partial charge in [0.15, 0.2) is 5.69 Å². The van der Waals surface area contributed by atoms with Gasteiger partial charge in [-0.2, -0.15) is 5.10 Å². The molecule has 0 saturated carbocycles. The first kappa shape index (κ1) is 16.6. The van der Waals surface area contributed by atoms with E-state index in [0.29, 0.717) is 12.1 Å². The Balaban J connectivity index is 2.92. The fourth-order valence-corrected chi connectivity index (χ4v) is 2.85. The standard InChI is InChI=1S/C12H21N3O4S/c1-4-6-8(3)7-19-12(16)10-11(20(13,17)18)9(5-2)14-15-10/h8H,4-7H2,1-3H3,(H,14,15)(H2,13,17,18). The molecule has 1 aromatic heterocycles. The van der Waals surface area contributed by atoms with Crippen molar-refractivity contribution in [1.82, 2.24) is 10.2 Å². The molecular formula is C12H21N3O4S. The van der Waals surface area contributed by atoms with Crippen molar-refractivity contribution in [1.29, 1.82) is 0 Å². The van der Waals surface area contributed by atoms with Gasteiger partial charge in [0.25, 0.3) is 0 Å². The summed E-state index contributed by atoms with van der Waals surface area (Å²) in [6.07, 6.45) is 2.29. The van der Waals surface area contributed by atoms with E-state index >= 15 is 0 Å². The number of aromatic nitrogens is 2. The second-order valence-electron chi connectivity index (χ2n) is 4.77. The molecule has 7 nitrogen and oxygen atoms in total. The zero-order chi connectivity index (χ0) is 15.3. The van der Waals surface area contributed by atoms with Crippen molar-refractivity contribution in [2.45, 2.75) is 44.9 Å². The number of nitrogens with one attached hydrogen (secondary N) is 1. The van der Waals surface area contributed by atoms with Crippen LogP contribution in [0.4, 0.5) is 0 Å². The highest BCUT2D eigenvalue weighted by Crippen LogP contribution is 2.18. The molecule has 0 aliphatic heterocycles. The first-order chi connectivity index (χ1) is 9.31. The lowest BCUT2D eigenvalue weighted by Gasteiger charge is -2.10. The number of carbonyl (C=O) groups excluding carboxylic acids is 1. The number of rotatable bonds is 7. The molecule has 0 saturated heterocycles. The van der Waals surface area contributed by atoms with E-state index in [4.69, 9.17) is 9.88 Å². The van der Waals surface area contributed by atoms with Crippen molar-refractivity contribution < 1.29 is 17.9 Å². The molecule has 0 fully saturated rings. The number of H-pyrrole nitrogens is 1. The summed E-state index contributed by atoms with van der Waals surface area (Å²) in [5.41, 5.74) is 0.0362. The third kappa shape index (κ3) is 4.04. The summed E-state index contributed by atoms with van der Waals surface area (Å²) in [5.74, 6) is -0.556. The first-order valence-electron chi connectivity index (χ1n) is 6.58. The zero-order valence-corrected chi connectivity index (χ0v) is 12.8. The van der Waals surface area contributed by atoms with E-state index in [0.717, 1.165) is 12.8 Å². The predicted molar refractivity (Wildman–Crippen MR) is 73.7 cm³/mol. The minimum absolute atomic E-state index is 0.214. The van der Waals surface area contributed by atoms with Crippen LogP contribution in [0.3, 0.4) is 0 Å². The summed E-state index contributed by atoms with van der Waals surface area (Å²) >= 11 is 0. The van der Waals surface area contributed by atoms with E-state index in [1.54, 1.807) is 6.92 Å². The summed E-state index contributed by atoms with van der Waals surface area (Å²) in [4.78, 5) is 11.7. The van der Waals surface area contributed by atoms with Crippen LogP contribution < -0.4 is 5.14 Å². The van der Waals surface area contributed by atoms with Crippen molar-refractivity contribution in [3.63, 3.8) is 0 Å². The molecule has 20 heavy (non-hydrogen) atoms. The van der Waals surface area contributed by atoms with E-state index in [9.17, 15) is 13.2 Å². The number of carbonyl (C=O) groups is 1. The Kier molecular flexibility index (Phi) is 5.70. The Labute approximate surface area is 118 Å². The third-order valence-corrected chi connectivity index (χ3v) is 3.91. The predicted octanol–water partition coefficient (Wildman–Crippen LogP) is 1.21. The number of esters is 1. The summed E-state index contributed by atoms with van der Waals surface area (Å²) in [6.45, 7) is 5.96. The second-order valence-corrected chi connectivity index (χ2v) is 6.27. The maximum absolute atomic E-state index is 11.9. The highest BCUT2D eigenvalue weighted by Gasteiger charge is 2.27. The Hall–Kier alpha value is -1.41. The molecule has 3 N–H and O–H groups in total. The van der Waals surface area contributed by atoms with Gasteiger partial charge in [-0.1, -0.05) is 27.2 Å². The molecule has 0 bridgehead atoms. The van der Waals surface area contributed by atoms with E-state index in [1.807, 2.05) is 13.8 Å². The summed E-state index contributed by atoms with van der Waals surface area (Å²) in [7, 11) is -4.02. The Morgan fingerprint density at radius 2 is 2.10 bits per heavy atom. The van der Waals surface area contributed by atoms with Gasteiger partial charge in [0.1, 0.15) is 4.90 Å². The van der Waals surface area contributed by atoms with Crippen molar-refractivity contribution in [2.75, 3.05) is 6.61 Å². The van der Waals surface area contributed by atoms with Gasteiger partial charge in [-0.25, -0.2) is 18.4 Å². The number of hydrogen-bond acceptors (Lipinski definition) is 5. The topological polar surface area (TPSA) is 115 Å². The highest BCUT2D eigenvalue weighted by atomic mass is 32.2. The molecule has 1 rings (SSSR count). The number of primary sulfonamides is 1. The number of nitrogens with zero attached hydrogens (tertiary/aromatic N) is 1. The molecule has 1 heterocycles. The first-order valence-corrected chi connectivity index (χ1v) is 8.13. The van der Waals surface area contributed by atoms with E-state index in [1.165, 1.54) is 0 Å². The fraction of sp³-hybridized carbons (Fsp3) is 0.667. The van der Waals surface area contributed by atoms with E-state index in [-0.39, 0.29) is 23.1 Å². The summed E-state index contributed by atoms with van der Waals surface area (Å²) in [6, 6.07) is 0. The van der Waals surface area contributed by atoms with Gasteiger partial charge in [-0.3, -0.25) is 5.10 Å². The SMILES string of the molecule is CCCC(C)COC(=O)c1n[nH]c(CC)c1S(N)(=O)=O. The summed E-state index contributed by atoms with van der Waals surface area (Å²) in [5, 5.41) is 11.4. The number of aromatic amines is 1. The minimum Gasteiger partial charge on any atom is -0.461 e.